The SMILES string of the molecule is Clc1ccc(C2CC(c3cccc(C4=NNC(c5ccc(Cl)cc5)C4)c3)=NN2)cc1. The van der Waals surface area contributed by atoms with E-state index in [4.69, 9.17) is 23.2 Å². The van der Waals surface area contributed by atoms with E-state index in [0.717, 1.165) is 45.4 Å². The second kappa shape index (κ2) is 8.13. The maximum atomic E-state index is 6.01. The van der Waals surface area contributed by atoms with Gasteiger partial charge in [0.1, 0.15) is 0 Å². The molecular weight excluding hydrogens is 415 g/mol. The fourth-order valence-electron chi connectivity index (χ4n) is 3.90. The summed E-state index contributed by atoms with van der Waals surface area (Å²) < 4.78 is 0. The quantitative estimate of drug-likeness (QED) is 0.539. The van der Waals surface area contributed by atoms with Crippen molar-refractivity contribution in [2.45, 2.75) is 24.9 Å². The Bertz CT molecular complexity index is 1030. The topological polar surface area (TPSA) is 48.8 Å². The number of halogens is 2. The first-order valence-corrected chi connectivity index (χ1v) is 10.7. The molecule has 2 unspecified atom stereocenters. The highest BCUT2D eigenvalue weighted by Gasteiger charge is 2.24. The molecule has 30 heavy (non-hydrogen) atoms. The third-order valence-electron chi connectivity index (χ3n) is 5.58. The van der Waals surface area contributed by atoms with Crippen molar-refractivity contribution in [3.05, 3.63) is 105 Å². The summed E-state index contributed by atoms with van der Waals surface area (Å²) in [6.07, 6.45) is 1.67. The van der Waals surface area contributed by atoms with Crippen molar-refractivity contribution in [1.82, 2.24) is 10.9 Å². The van der Waals surface area contributed by atoms with Gasteiger partial charge in [-0.1, -0.05) is 65.7 Å². The molecule has 2 N–H and O–H groups in total. The number of hydrazone groups is 2. The first kappa shape index (κ1) is 19.2. The number of hydrogen-bond acceptors (Lipinski definition) is 4. The van der Waals surface area contributed by atoms with Gasteiger partial charge in [0.05, 0.1) is 23.5 Å². The number of rotatable bonds is 4. The van der Waals surface area contributed by atoms with Crippen LogP contribution in [0.2, 0.25) is 10.0 Å². The summed E-state index contributed by atoms with van der Waals surface area (Å²) in [6.45, 7) is 0. The van der Waals surface area contributed by atoms with E-state index >= 15 is 0 Å². The van der Waals surface area contributed by atoms with Crippen LogP contribution < -0.4 is 10.9 Å². The Kier molecular flexibility index (Phi) is 5.19. The zero-order chi connectivity index (χ0) is 20.5. The summed E-state index contributed by atoms with van der Waals surface area (Å²) in [5, 5.41) is 10.7. The van der Waals surface area contributed by atoms with Crippen molar-refractivity contribution < 1.29 is 0 Å². The van der Waals surface area contributed by atoms with Crippen LogP contribution in [-0.2, 0) is 0 Å². The second-order valence-electron chi connectivity index (χ2n) is 7.57. The van der Waals surface area contributed by atoms with Crippen LogP contribution in [0.5, 0.6) is 0 Å². The lowest BCUT2D eigenvalue weighted by Crippen LogP contribution is -2.10. The first-order chi connectivity index (χ1) is 14.7. The van der Waals surface area contributed by atoms with Crippen LogP contribution in [-0.4, -0.2) is 11.4 Å². The molecule has 2 aliphatic rings. The van der Waals surface area contributed by atoms with E-state index in [-0.39, 0.29) is 12.1 Å². The number of benzene rings is 3. The largest absolute Gasteiger partial charge is 0.302 e. The van der Waals surface area contributed by atoms with Crippen molar-refractivity contribution in [3.63, 3.8) is 0 Å². The minimum atomic E-state index is 0.167. The standard InChI is InChI=1S/C24H20Cl2N4/c25-19-8-4-15(5-9-19)21-13-23(29-27-21)17-2-1-3-18(12-17)24-14-22(28-30-24)16-6-10-20(26)11-7-16/h1-12,21-22,27-28H,13-14H2. The Morgan fingerprint density at radius 2 is 1.07 bits per heavy atom. The highest BCUT2D eigenvalue weighted by atomic mass is 35.5. The monoisotopic (exact) mass is 434 g/mol. The van der Waals surface area contributed by atoms with Crippen LogP contribution in [0.3, 0.4) is 0 Å². The minimum Gasteiger partial charge on any atom is -0.302 e. The average molecular weight is 435 g/mol. The fraction of sp³-hybridized carbons (Fsp3) is 0.167. The summed E-state index contributed by atoms with van der Waals surface area (Å²) in [4.78, 5) is 0. The lowest BCUT2D eigenvalue weighted by molar-refractivity contribution is 0.620. The summed E-state index contributed by atoms with van der Waals surface area (Å²) in [7, 11) is 0. The molecule has 0 saturated heterocycles. The van der Waals surface area contributed by atoms with Crippen molar-refractivity contribution in [2.75, 3.05) is 0 Å². The van der Waals surface area contributed by atoms with E-state index in [1.54, 1.807) is 0 Å². The molecular formula is C24H20Cl2N4. The second-order valence-corrected chi connectivity index (χ2v) is 8.45. The predicted molar refractivity (Wildman–Crippen MR) is 123 cm³/mol. The van der Waals surface area contributed by atoms with Gasteiger partial charge in [-0.05, 0) is 52.6 Å². The normalized spacial score (nSPS) is 20.3. The predicted octanol–water partition coefficient (Wildman–Crippen LogP) is 5.87. The van der Waals surface area contributed by atoms with Crippen molar-refractivity contribution in [2.24, 2.45) is 10.2 Å². The number of nitrogens with zero attached hydrogens (tertiary/aromatic N) is 2. The minimum absolute atomic E-state index is 0.167. The van der Waals surface area contributed by atoms with Crippen molar-refractivity contribution >= 4 is 34.6 Å². The lowest BCUT2D eigenvalue weighted by Gasteiger charge is -2.11. The van der Waals surface area contributed by atoms with Gasteiger partial charge in [-0.15, -0.1) is 0 Å². The van der Waals surface area contributed by atoms with E-state index in [1.165, 1.54) is 11.1 Å². The summed E-state index contributed by atoms with van der Waals surface area (Å²) in [5.74, 6) is 0. The van der Waals surface area contributed by atoms with Gasteiger partial charge in [0.2, 0.25) is 0 Å². The molecule has 0 aliphatic carbocycles. The molecule has 150 valence electrons. The van der Waals surface area contributed by atoms with E-state index < -0.39 is 0 Å². The lowest BCUT2D eigenvalue weighted by atomic mass is 9.95. The van der Waals surface area contributed by atoms with E-state index in [1.807, 2.05) is 48.5 Å². The van der Waals surface area contributed by atoms with E-state index in [0.29, 0.717) is 0 Å². The van der Waals surface area contributed by atoms with Gasteiger partial charge >= 0.3 is 0 Å². The van der Waals surface area contributed by atoms with Crippen molar-refractivity contribution in [1.29, 1.82) is 0 Å². The van der Waals surface area contributed by atoms with E-state index in [9.17, 15) is 0 Å². The fourth-order valence-corrected chi connectivity index (χ4v) is 4.15. The van der Waals surface area contributed by atoms with Crippen LogP contribution in [0, 0.1) is 0 Å². The first-order valence-electron chi connectivity index (χ1n) is 9.91. The molecule has 0 saturated carbocycles. The average Bonchev–Trinajstić information content (AvgIpc) is 3.45. The maximum Gasteiger partial charge on any atom is 0.0745 e. The molecule has 3 aromatic rings. The van der Waals surface area contributed by atoms with Gasteiger partial charge in [-0.25, -0.2) is 0 Å². The zero-order valence-electron chi connectivity index (χ0n) is 16.1. The molecule has 0 radical (unpaired) electrons. The van der Waals surface area contributed by atoms with E-state index in [2.05, 4.69) is 45.3 Å². The van der Waals surface area contributed by atoms with Gasteiger partial charge in [0.15, 0.2) is 0 Å². The van der Waals surface area contributed by atoms with Gasteiger partial charge in [-0.3, -0.25) is 0 Å². The molecule has 2 aliphatic heterocycles. The molecule has 5 rings (SSSR count). The molecule has 0 bridgehead atoms. The Balaban J connectivity index is 1.29. The Labute approximate surface area is 185 Å². The Morgan fingerprint density at radius 1 is 0.633 bits per heavy atom. The molecule has 0 amide bonds. The molecule has 4 nitrogen and oxygen atoms in total. The van der Waals surface area contributed by atoms with Crippen LogP contribution in [0.4, 0.5) is 0 Å². The van der Waals surface area contributed by atoms with Crippen LogP contribution in [0.1, 0.15) is 47.2 Å². The number of nitrogens with one attached hydrogen (secondary N) is 2. The van der Waals surface area contributed by atoms with Gasteiger partial charge in [0.25, 0.3) is 0 Å². The third kappa shape index (κ3) is 3.93. The Hall–Kier alpha value is -2.82. The molecule has 2 atom stereocenters. The van der Waals surface area contributed by atoms with Crippen LogP contribution in [0.15, 0.2) is 83.0 Å². The summed E-state index contributed by atoms with van der Waals surface area (Å²) >= 11 is 12.0. The molecule has 0 spiro atoms. The smallest absolute Gasteiger partial charge is 0.0745 e. The number of hydrogen-bond donors (Lipinski definition) is 2. The molecule has 2 heterocycles. The third-order valence-corrected chi connectivity index (χ3v) is 6.08. The highest BCUT2D eigenvalue weighted by Crippen LogP contribution is 2.28. The molecule has 3 aromatic carbocycles. The Morgan fingerprint density at radius 3 is 1.50 bits per heavy atom. The van der Waals surface area contributed by atoms with Crippen molar-refractivity contribution in [3.8, 4) is 0 Å². The van der Waals surface area contributed by atoms with Crippen LogP contribution in [0.25, 0.3) is 0 Å². The highest BCUT2D eigenvalue weighted by molar-refractivity contribution is 6.30. The van der Waals surface area contributed by atoms with Gasteiger partial charge in [-0.2, -0.15) is 10.2 Å². The van der Waals surface area contributed by atoms with Gasteiger partial charge in [0, 0.05) is 22.9 Å². The molecule has 6 heteroatoms. The van der Waals surface area contributed by atoms with Gasteiger partial charge < -0.3 is 10.9 Å². The molecule has 0 aromatic heterocycles. The summed E-state index contributed by atoms with van der Waals surface area (Å²) in [6, 6.07) is 24.6. The molecule has 0 fully saturated rings. The van der Waals surface area contributed by atoms with Crippen LogP contribution >= 0.6 is 23.2 Å². The maximum absolute atomic E-state index is 6.01. The summed E-state index contributed by atoms with van der Waals surface area (Å²) in [5.41, 5.74) is 13.2. The zero-order valence-corrected chi connectivity index (χ0v) is 17.7.